The summed E-state index contributed by atoms with van der Waals surface area (Å²) in [4.78, 5) is 0.436. The van der Waals surface area contributed by atoms with Crippen LogP contribution in [0.1, 0.15) is 76.0 Å². The second-order valence-electron chi connectivity index (χ2n) is 7.60. The summed E-state index contributed by atoms with van der Waals surface area (Å²) in [5.41, 5.74) is 3.55. The predicted octanol–water partition coefficient (Wildman–Crippen LogP) is 6.46. The lowest BCUT2D eigenvalue weighted by atomic mass is 9.89. The summed E-state index contributed by atoms with van der Waals surface area (Å²) < 4.78 is 30.4. The standard InChI is InChI=1S/C21H28INO2S/c1-13(2)16-11-19(14(3)4)21(20(12-16)15(5)6)26(24,25)23-18-9-7-17(22)8-10-18/h7-15,23H,1-6H3. The Morgan fingerprint density at radius 1 is 0.808 bits per heavy atom. The number of sulfonamides is 1. The molecule has 0 radical (unpaired) electrons. The minimum absolute atomic E-state index is 0.120. The third kappa shape index (κ3) is 4.80. The molecular formula is C21H28INO2S. The summed E-state index contributed by atoms with van der Waals surface area (Å²) in [6.45, 7) is 12.5. The Morgan fingerprint density at radius 2 is 1.27 bits per heavy atom. The van der Waals surface area contributed by atoms with Crippen LogP contribution in [0.4, 0.5) is 5.69 Å². The molecule has 0 aliphatic heterocycles. The number of halogens is 1. The maximum atomic E-state index is 13.3. The van der Waals surface area contributed by atoms with Gasteiger partial charge in [0.05, 0.1) is 4.90 Å². The summed E-state index contributed by atoms with van der Waals surface area (Å²) in [6.07, 6.45) is 0. The molecular weight excluding hydrogens is 457 g/mol. The smallest absolute Gasteiger partial charge is 0.262 e. The van der Waals surface area contributed by atoms with E-state index in [-0.39, 0.29) is 11.8 Å². The van der Waals surface area contributed by atoms with Crippen LogP contribution in [0.3, 0.4) is 0 Å². The maximum absolute atomic E-state index is 13.3. The molecule has 0 aliphatic rings. The minimum Gasteiger partial charge on any atom is -0.280 e. The van der Waals surface area contributed by atoms with E-state index in [9.17, 15) is 8.42 Å². The Morgan fingerprint density at radius 3 is 1.65 bits per heavy atom. The van der Waals surface area contributed by atoms with Gasteiger partial charge in [-0.2, -0.15) is 0 Å². The summed E-state index contributed by atoms with van der Waals surface area (Å²) in [5.74, 6) is 0.593. The molecule has 2 aromatic rings. The highest BCUT2D eigenvalue weighted by atomic mass is 127. The summed E-state index contributed by atoms with van der Waals surface area (Å²) >= 11 is 2.21. The van der Waals surface area contributed by atoms with Crippen LogP contribution in [-0.2, 0) is 10.0 Å². The van der Waals surface area contributed by atoms with Gasteiger partial charge in [-0.3, -0.25) is 4.72 Å². The van der Waals surface area contributed by atoms with Crippen LogP contribution in [0, 0.1) is 3.57 Å². The van der Waals surface area contributed by atoms with E-state index in [4.69, 9.17) is 0 Å². The first kappa shape index (κ1) is 21.2. The maximum Gasteiger partial charge on any atom is 0.262 e. The number of nitrogens with one attached hydrogen (secondary N) is 1. The van der Waals surface area contributed by atoms with Gasteiger partial charge in [0.1, 0.15) is 0 Å². The Labute approximate surface area is 171 Å². The van der Waals surface area contributed by atoms with Crippen LogP contribution < -0.4 is 4.72 Å². The number of anilines is 1. The fourth-order valence-electron chi connectivity index (χ4n) is 2.92. The highest BCUT2D eigenvalue weighted by Crippen LogP contribution is 2.36. The van der Waals surface area contributed by atoms with Crippen molar-refractivity contribution in [3.8, 4) is 0 Å². The van der Waals surface area contributed by atoms with Crippen molar-refractivity contribution in [1.82, 2.24) is 0 Å². The van der Waals surface area contributed by atoms with Crippen molar-refractivity contribution in [2.45, 2.75) is 64.2 Å². The normalized spacial score (nSPS) is 12.2. The Hall–Kier alpha value is -1.08. The second-order valence-corrected chi connectivity index (χ2v) is 10.5. The summed E-state index contributed by atoms with van der Waals surface area (Å²) in [7, 11) is -3.67. The number of hydrogen-bond donors (Lipinski definition) is 1. The SMILES string of the molecule is CC(C)c1cc(C(C)C)c(S(=O)(=O)Nc2ccc(I)cc2)c(C(C)C)c1. The lowest BCUT2D eigenvalue weighted by Crippen LogP contribution is -2.19. The first-order valence-corrected chi connectivity index (χ1v) is 11.5. The first-order valence-electron chi connectivity index (χ1n) is 8.99. The topological polar surface area (TPSA) is 46.2 Å². The monoisotopic (exact) mass is 485 g/mol. The van der Waals surface area contributed by atoms with Crippen molar-refractivity contribution in [2.75, 3.05) is 4.72 Å². The van der Waals surface area contributed by atoms with Gasteiger partial charge in [-0.1, -0.05) is 53.7 Å². The first-order chi connectivity index (χ1) is 12.0. The average molecular weight is 485 g/mol. The molecule has 26 heavy (non-hydrogen) atoms. The molecule has 0 atom stereocenters. The van der Waals surface area contributed by atoms with Crippen LogP contribution in [0.5, 0.6) is 0 Å². The molecule has 0 saturated carbocycles. The highest BCUT2D eigenvalue weighted by molar-refractivity contribution is 14.1. The van der Waals surface area contributed by atoms with E-state index in [2.05, 4.69) is 53.3 Å². The van der Waals surface area contributed by atoms with Gasteiger partial charge in [-0.05, 0) is 81.3 Å². The molecule has 0 spiro atoms. The van der Waals surface area contributed by atoms with Crippen molar-refractivity contribution in [1.29, 1.82) is 0 Å². The average Bonchev–Trinajstić information content (AvgIpc) is 2.55. The minimum atomic E-state index is -3.67. The third-order valence-corrected chi connectivity index (χ3v) is 6.68. The predicted molar refractivity (Wildman–Crippen MR) is 119 cm³/mol. The molecule has 0 bridgehead atoms. The fraction of sp³-hybridized carbons (Fsp3) is 0.429. The van der Waals surface area contributed by atoms with Gasteiger partial charge in [0.15, 0.2) is 0 Å². The lowest BCUT2D eigenvalue weighted by molar-refractivity contribution is 0.595. The van der Waals surface area contributed by atoms with Crippen LogP contribution in [-0.4, -0.2) is 8.42 Å². The molecule has 1 N–H and O–H groups in total. The number of hydrogen-bond acceptors (Lipinski definition) is 2. The third-order valence-electron chi connectivity index (χ3n) is 4.44. The zero-order chi connectivity index (χ0) is 19.6. The molecule has 5 heteroatoms. The van der Waals surface area contributed by atoms with E-state index < -0.39 is 10.0 Å². The van der Waals surface area contributed by atoms with Gasteiger partial charge >= 0.3 is 0 Å². The molecule has 0 amide bonds. The van der Waals surface area contributed by atoms with Crippen molar-refractivity contribution in [2.24, 2.45) is 0 Å². The molecule has 0 unspecified atom stereocenters. The van der Waals surface area contributed by atoms with Crippen molar-refractivity contribution >= 4 is 38.3 Å². The van der Waals surface area contributed by atoms with Gasteiger partial charge in [0, 0.05) is 9.26 Å². The number of benzene rings is 2. The van der Waals surface area contributed by atoms with E-state index in [1.165, 1.54) is 5.56 Å². The quantitative estimate of drug-likeness (QED) is 0.478. The molecule has 142 valence electrons. The fourth-order valence-corrected chi connectivity index (χ4v) is 5.04. The van der Waals surface area contributed by atoms with E-state index in [0.717, 1.165) is 14.7 Å². The Balaban J connectivity index is 2.66. The lowest BCUT2D eigenvalue weighted by Gasteiger charge is -2.23. The van der Waals surface area contributed by atoms with Crippen LogP contribution in [0.25, 0.3) is 0 Å². The van der Waals surface area contributed by atoms with Gasteiger partial charge < -0.3 is 0 Å². The zero-order valence-corrected chi connectivity index (χ0v) is 19.3. The van der Waals surface area contributed by atoms with Gasteiger partial charge in [0.2, 0.25) is 0 Å². The van der Waals surface area contributed by atoms with E-state index >= 15 is 0 Å². The van der Waals surface area contributed by atoms with Crippen LogP contribution in [0.15, 0.2) is 41.3 Å². The van der Waals surface area contributed by atoms with Crippen LogP contribution >= 0.6 is 22.6 Å². The van der Waals surface area contributed by atoms with E-state index in [1.807, 2.05) is 39.8 Å². The van der Waals surface area contributed by atoms with E-state index in [0.29, 0.717) is 16.5 Å². The van der Waals surface area contributed by atoms with Gasteiger partial charge in [0.25, 0.3) is 10.0 Å². The van der Waals surface area contributed by atoms with Gasteiger partial charge in [-0.25, -0.2) is 8.42 Å². The molecule has 3 nitrogen and oxygen atoms in total. The zero-order valence-electron chi connectivity index (χ0n) is 16.3. The Kier molecular flexibility index (Phi) is 6.77. The second kappa shape index (κ2) is 8.30. The highest BCUT2D eigenvalue weighted by Gasteiger charge is 2.27. The van der Waals surface area contributed by atoms with Crippen molar-refractivity contribution in [3.63, 3.8) is 0 Å². The van der Waals surface area contributed by atoms with Crippen LogP contribution in [0.2, 0.25) is 0 Å². The Bertz CT molecular complexity index is 840. The largest absolute Gasteiger partial charge is 0.280 e. The molecule has 2 rings (SSSR count). The van der Waals surface area contributed by atoms with E-state index in [1.54, 1.807) is 12.1 Å². The molecule has 0 fully saturated rings. The van der Waals surface area contributed by atoms with Crippen molar-refractivity contribution in [3.05, 3.63) is 56.7 Å². The molecule has 2 aromatic carbocycles. The summed E-state index contributed by atoms with van der Waals surface area (Å²) in [6, 6.07) is 11.5. The molecule has 0 aliphatic carbocycles. The molecule has 0 saturated heterocycles. The van der Waals surface area contributed by atoms with Gasteiger partial charge in [-0.15, -0.1) is 0 Å². The molecule has 0 aromatic heterocycles. The summed E-state index contributed by atoms with van der Waals surface area (Å²) in [5, 5.41) is 0. The van der Waals surface area contributed by atoms with Crippen molar-refractivity contribution < 1.29 is 8.42 Å². The number of rotatable bonds is 6. The molecule has 0 heterocycles.